The molecule has 4 rings (SSSR count). The Labute approximate surface area is 267 Å². The second-order valence-corrected chi connectivity index (χ2v) is 13.0. The van der Waals surface area contributed by atoms with Crippen molar-refractivity contribution in [2.45, 2.75) is 80.7 Å². The second-order valence-electron chi connectivity index (χ2n) is 11.8. The molecule has 0 aliphatic carbocycles. The summed E-state index contributed by atoms with van der Waals surface area (Å²) in [5, 5.41) is 12.8. The van der Waals surface area contributed by atoms with Gasteiger partial charge in [-0.25, -0.2) is 0 Å². The van der Waals surface area contributed by atoms with Crippen LogP contribution in [0.3, 0.4) is 0 Å². The Balaban J connectivity index is 1.65. The lowest BCUT2D eigenvalue weighted by Gasteiger charge is -2.39. The van der Waals surface area contributed by atoms with E-state index in [-0.39, 0.29) is 48.8 Å². The summed E-state index contributed by atoms with van der Waals surface area (Å²) in [6.07, 6.45) is 4.59. The van der Waals surface area contributed by atoms with Gasteiger partial charge in [-0.05, 0) is 31.7 Å². The second kappa shape index (κ2) is 14.8. The van der Waals surface area contributed by atoms with Crippen molar-refractivity contribution in [3.63, 3.8) is 0 Å². The number of allylic oxidation sites excluding steroid dienone is 1. The maximum Gasteiger partial charge on any atom is 0.313 e. The molecule has 3 aliphatic heterocycles. The maximum absolute atomic E-state index is 14.3. The zero-order valence-electron chi connectivity index (χ0n) is 25.5. The van der Waals surface area contributed by atoms with E-state index < -0.39 is 47.6 Å². The Kier molecular flexibility index (Phi) is 11.4. The highest BCUT2D eigenvalue weighted by molar-refractivity contribution is 9.09. The number of halogens is 1. The normalized spacial score (nSPS) is 28.2. The monoisotopic (exact) mass is 673 g/mol. The summed E-state index contributed by atoms with van der Waals surface area (Å²) in [4.78, 5) is 57.6. The predicted molar refractivity (Wildman–Crippen MR) is 168 cm³/mol. The van der Waals surface area contributed by atoms with Crippen molar-refractivity contribution < 1.29 is 33.8 Å². The van der Waals surface area contributed by atoms with Crippen LogP contribution in [0.5, 0.6) is 0 Å². The van der Waals surface area contributed by atoms with Crippen molar-refractivity contribution in [1.29, 1.82) is 0 Å². The predicted octanol–water partition coefficient (Wildman–Crippen LogP) is 3.30. The molecule has 3 aliphatic rings. The first-order valence-corrected chi connectivity index (χ1v) is 16.3. The number of likely N-dealkylation sites (tertiary alicyclic amines) is 1. The molecule has 0 aromatic heterocycles. The van der Waals surface area contributed by atoms with Crippen molar-refractivity contribution in [2.24, 2.45) is 11.8 Å². The number of esters is 1. The number of hydrogen-bond donors (Lipinski definition) is 2. The summed E-state index contributed by atoms with van der Waals surface area (Å²) in [5.74, 6) is -3.46. The van der Waals surface area contributed by atoms with Gasteiger partial charge in [0.05, 0.1) is 31.1 Å². The third kappa shape index (κ3) is 6.50. The Morgan fingerprint density at radius 2 is 2.00 bits per heavy atom. The van der Waals surface area contributed by atoms with E-state index in [0.717, 1.165) is 12.8 Å². The fraction of sp³-hybridized carbons (Fsp3) is 0.576. The van der Waals surface area contributed by atoms with Crippen molar-refractivity contribution in [2.75, 3.05) is 26.2 Å². The van der Waals surface area contributed by atoms with Crippen LogP contribution in [0.2, 0.25) is 0 Å². The third-order valence-corrected chi connectivity index (χ3v) is 9.82. The van der Waals surface area contributed by atoms with Gasteiger partial charge in [0.1, 0.15) is 17.7 Å². The Morgan fingerprint density at radius 1 is 1.27 bits per heavy atom. The number of nitrogens with zero attached hydrogens (tertiary/aromatic N) is 2. The highest BCUT2D eigenvalue weighted by Gasteiger charge is 2.77. The molecule has 0 saturated carbocycles. The standard InChI is InChI=1S/C33H44BrN3O7/c1-5-8-15-25(39)35-20-24(22-13-10-9-11-14-22)43-32(42)26-27-30(40)37(17-18-38)29(33(27)19-23(34)28(26)44-33)31(41)36(16-7-3)21(4)12-6-2/h5,7,9-11,13-14,21,23-24,26-29,38H,1,3,6,8,12,15-20H2,2,4H3,(H,35,39)/t21?,23?,24-,26+,27-,28+,29+,33-/m0/s1. The van der Waals surface area contributed by atoms with E-state index in [1.165, 1.54) is 4.90 Å². The van der Waals surface area contributed by atoms with E-state index in [4.69, 9.17) is 9.47 Å². The SMILES string of the molecule is C=CCCC(=O)NC[C@H](OC(=O)[C@H]1[C@@H]2O[C@@]3(CC2Br)[C@@H]1C(=O)N(CCO)[C@@H]3C(=O)N(CC=C)C(C)CCC)c1ccccc1. The van der Waals surface area contributed by atoms with E-state index in [0.29, 0.717) is 24.9 Å². The van der Waals surface area contributed by atoms with E-state index in [1.807, 2.05) is 44.2 Å². The number of aliphatic hydroxyl groups is 1. The zero-order chi connectivity index (χ0) is 32.0. The van der Waals surface area contributed by atoms with Crippen molar-refractivity contribution in [1.82, 2.24) is 15.1 Å². The van der Waals surface area contributed by atoms with Crippen LogP contribution in [0.15, 0.2) is 55.6 Å². The van der Waals surface area contributed by atoms with Gasteiger partial charge in [-0.15, -0.1) is 13.2 Å². The van der Waals surface area contributed by atoms with Crippen molar-refractivity contribution in [3.8, 4) is 0 Å². The smallest absolute Gasteiger partial charge is 0.313 e. The van der Waals surface area contributed by atoms with Crippen LogP contribution in [0, 0.1) is 11.8 Å². The van der Waals surface area contributed by atoms with Crippen molar-refractivity contribution >= 4 is 39.6 Å². The molecule has 3 heterocycles. The number of carbonyl (C=O) groups excluding carboxylic acids is 4. The Morgan fingerprint density at radius 3 is 2.64 bits per heavy atom. The number of carbonyl (C=O) groups is 4. The molecule has 2 unspecified atom stereocenters. The van der Waals surface area contributed by atoms with Crippen LogP contribution >= 0.6 is 15.9 Å². The van der Waals surface area contributed by atoms with Gasteiger partial charge in [-0.3, -0.25) is 19.2 Å². The highest BCUT2D eigenvalue weighted by atomic mass is 79.9. The molecule has 11 heteroatoms. The molecule has 10 nitrogen and oxygen atoms in total. The first-order valence-electron chi connectivity index (χ1n) is 15.4. The molecule has 1 aromatic carbocycles. The summed E-state index contributed by atoms with van der Waals surface area (Å²) in [6, 6.07) is 7.97. The number of rotatable bonds is 16. The highest BCUT2D eigenvalue weighted by Crippen LogP contribution is 2.60. The number of ether oxygens (including phenoxy) is 2. The van der Waals surface area contributed by atoms with Crippen LogP contribution in [-0.4, -0.2) is 93.5 Å². The molecule has 1 aromatic rings. The number of amides is 3. The van der Waals surface area contributed by atoms with Gasteiger partial charge in [0.25, 0.3) is 0 Å². The Hall–Kier alpha value is -3.02. The van der Waals surface area contributed by atoms with Crippen molar-refractivity contribution in [3.05, 3.63) is 61.2 Å². The van der Waals surface area contributed by atoms with Gasteiger partial charge in [0.2, 0.25) is 17.7 Å². The third-order valence-electron chi connectivity index (χ3n) is 8.97. The number of nitrogens with one attached hydrogen (secondary N) is 1. The largest absolute Gasteiger partial charge is 0.455 e. The van der Waals surface area contributed by atoms with E-state index in [2.05, 4.69) is 34.4 Å². The van der Waals surface area contributed by atoms with E-state index >= 15 is 0 Å². The molecule has 2 N–H and O–H groups in total. The van der Waals surface area contributed by atoms with Crippen LogP contribution in [0.25, 0.3) is 0 Å². The van der Waals surface area contributed by atoms with E-state index in [1.54, 1.807) is 17.1 Å². The quantitative estimate of drug-likeness (QED) is 0.157. The number of fused-ring (bicyclic) bond motifs is 1. The zero-order valence-corrected chi connectivity index (χ0v) is 27.1. The fourth-order valence-electron chi connectivity index (χ4n) is 7.03. The molecule has 3 fully saturated rings. The van der Waals surface area contributed by atoms with Crippen LogP contribution in [0.4, 0.5) is 0 Å². The summed E-state index contributed by atoms with van der Waals surface area (Å²) < 4.78 is 12.6. The summed E-state index contributed by atoms with van der Waals surface area (Å²) in [5.41, 5.74) is -0.574. The number of benzene rings is 1. The lowest BCUT2D eigenvalue weighted by molar-refractivity contribution is -0.160. The van der Waals surface area contributed by atoms with Gasteiger partial charge in [-0.1, -0.05) is 71.8 Å². The maximum atomic E-state index is 14.3. The minimum absolute atomic E-state index is 0.0506. The lowest BCUT2D eigenvalue weighted by atomic mass is 9.70. The lowest BCUT2D eigenvalue weighted by Crippen LogP contribution is -2.58. The molecule has 240 valence electrons. The minimum Gasteiger partial charge on any atom is -0.455 e. The minimum atomic E-state index is -1.27. The summed E-state index contributed by atoms with van der Waals surface area (Å²) >= 11 is 3.68. The first kappa shape index (κ1) is 33.9. The van der Waals surface area contributed by atoms with E-state index in [9.17, 15) is 24.3 Å². The number of hydrogen-bond acceptors (Lipinski definition) is 7. The molecule has 3 saturated heterocycles. The molecule has 0 radical (unpaired) electrons. The number of aliphatic hydroxyl groups excluding tert-OH is 1. The number of alkyl halides is 1. The summed E-state index contributed by atoms with van der Waals surface area (Å²) in [6.45, 7) is 11.4. The molecular weight excluding hydrogens is 630 g/mol. The molecule has 1 spiro atoms. The van der Waals surface area contributed by atoms with Gasteiger partial charge in [0.15, 0.2) is 0 Å². The Bertz CT molecular complexity index is 1230. The first-order chi connectivity index (χ1) is 21.1. The molecule has 3 amide bonds. The van der Waals surface area contributed by atoms with Gasteiger partial charge in [-0.2, -0.15) is 0 Å². The number of β-amino-alcohol motifs (C(OH)–C–C–N with tert-alkyl or cyclic N) is 1. The molecular formula is C33H44BrN3O7. The average Bonchev–Trinajstić information content (AvgIpc) is 3.60. The van der Waals surface area contributed by atoms with Gasteiger partial charge < -0.3 is 29.7 Å². The summed E-state index contributed by atoms with van der Waals surface area (Å²) in [7, 11) is 0. The van der Waals surface area contributed by atoms with Gasteiger partial charge in [0, 0.05) is 30.4 Å². The molecule has 2 bridgehead atoms. The van der Waals surface area contributed by atoms with Gasteiger partial charge >= 0.3 is 5.97 Å². The van der Waals surface area contributed by atoms with Crippen LogP contribution in [0.1, 0.15) is 57.6 Å². The fourth-order valence-corrected chi connectivity index (χ4v) is 7.97. The van der Waals surface area contributed by atoms with Crippen LogP contribution < -0.4 is 5.32 Å². The average molecular weight is 675 g/mol. The molecule has 8 atom stereocenters. The molecule has 44 heavy (non-hydrogen) atoms. The topological polar surface area (TPSA) is 125 Å². The van der Waals surface area contributed by atoms with Crippen LogP contribution in [-0.2, 0) is 28.7 Å².